The molecule has 3 aromatic rings. The number of fused-ring (bicyclic) bond motifs is 1. The molecule has 1 aromatic carbocycles. The Kier molecular flexibility index (Phi) is 5.82. The fourth-order valence-corrected chi connectivity index (χ4v) is 4.83. The summed E-state index contributed by atoms with van der Waals surface area (Å²) in [5.41, 5.74) is 1.73. The van der Waals surface area contributed by atoms with Crippen molar-refractivity contribution in [2.75, 3.05) is 18.0 Å². The Morgan fingerprint density at radius 3 is 2.35 bits per heavy atom. The monoisotopic (exact) mass is 418 g/mol. The van der Waals surface area contributed by atoms with Crippen molar-refractivity contribution in [2.45, 2.75) is 57.4 Å². The van der Waals surface area contributed by atoms with Crippen molar-refractivity contribution in [2.24, 2.45) is 5.92 Å². The van der Waals surface area contributed by atoms with Gasteiger partial charge in [0.2, 0.25) is 5.91 Å². The van der Waals surface area contributed by atoms with Crippen LogP contribution < -0.4 is 10.2 Å². The van der Waals surface area contributed by atoms with E-state index in [2.05, 4.69) is 20.4 Å². The Bertz CT molecular complexity index is 1020. The van der Waals surface area contributed by atoms with Crippen molar-refractivity contribution in [3.63, 3.8) is 0 Å². The number of carbonyl (C=O) groups is 1. The Labute approximate surface area is 182 Å². The van der Waals surface area contributed by atoms with Gasteiger partial charge in [0.15, 0.2) is 11.5 Å². The molecule has 2 aliphatic rings. The highest BCUT2D eigenvalue weighted by molar-refractivity contribution is 5.79. The van der Waals surface area contributed by atoms with E-state index in [-0.39, 0.29) is 11.8 Å². The Morgan fingerprint density at radius 1 is 0.871 bits per heavy atom. The van der Waals surface area contributed by atoms with Gasteiger partial charge in [-0.2, -0.15) is 4.52 Å². The summed E-state index contributed by atoms with van der Waals surface area (Å²) in [6, 6.07) is 14.4. The third kappa shape index (κ3) is 4.40. The fraction of sp³-hybridized carbons (Fsp3) is 0.500. The van der Waals surface area contributed by atoms with Crippen LogP contribution in [-0.2, 0) is 4.79 Å². The van der Waals surface area contributed by atoms with Crippen molar-refractivity contribution in [1.82, 2.24) is 25.1 Å². The number of amides is 1. The van der Waals surface area contributed by atoms with Crippen molar-refractivity contribution >= 4 is 17.4 Å². The second-order valence-corrected chi connectivity index (χ2v) is 8.81. The Morgan fingerprint density at radius 2 is 1.61 bits per heavy atom. The zero-order valence-corrected chi connectivity index (χ0v) is 17.9. The standard InChI is InChI=1S/C24H30N6O/c31-24(25-20-10-6-1-2-7-11-20)19-14-16-29(17-15-19)22-13-12-21-26-27-23(30(21)28-22)18-8-4-3-5-9-18/h3-5,8-9,12-13,19-20H,1-2,6-7,10-11,14-17H2,(H,25,31). The maximum absolute atomic E-state index is 12.8. The summed E-state index contributed by atoms with van der Waals surface area (Å²) in [4.78, 5) is 15.1. The predicted molar refractivity (Wildman–Crippen MR) is 121 cm³/mol. The molecular formula is C24H30N6O. The molecular weight excluding hydrogens is 388 g/mol. The van der Waals surface area contributed by atoms with E-state index in [1.807, 2.05) is 47.0 Å². The highest BCUT2D eigenvalue weighted by Crippen LogP contribution is 2.25. The summed E-state index contributed by atoms with van der Waals surface area (Å²) in [6.45, 7) is 1.67. The molecule has 0 radical (unpaired) electrons. The lowest BCUT2D eigenvalue weighted by Crippen LogP contribution is -2.44. The van der Waals surface area contributed by atoms with E-state index in [1.54, 1.807) is 0 Å². The van der Waals surface area contributed by atoms with E-state index < -0.39 is 0 Å². The largest absolute Gasteiger partial charge is 0.355 e. The van der Waals surface area contributed by atoms with E-state index >= 15 is 0 Å². The normalized spacial score (nSPS) is 18.8. The second-order valence-electron chi connectivity index (χ2n) is 8.81. The molecule has 3 heterocycles. The minimum absolute atomic E-state index is 0.109. The number of hydrogen-bond acceptors (Lipinski definition) is 5. The van der Waals surface area contributed by atoms with Crippen molar-refractivity contribution in [3.8, 4) is 11.4 Å². The number of piperidine rings is 1. The second kappa shape index (κ2) is 9.04. The number of nitrogens with zero attached hydrogens (tertiary/aromatic N) is 5. The first-order valence-corrected chi connectivity index (χ1v) is 11.6. The van der Waals surface area contributed by atoms with Gasteiger partial charge >= 0.3 is 0 Å². The highest BCUT2D eigenvalue weighted by Gasteiger charge is 2.27. The van der Waals surface area contributed by atoms with E-state index in [0.29, 0.717) is 6.04 Å². The molecule has 31 heavy (non-hydrogen) atoms. The molecule has 0 atom stereocenters. The van der Waals surface area contributed by atoms with E-state index in [0.717, 1.165) is 61.6 Å². The molecule has 1 saturated carbocycles. The summed E-state index contributed by atoms with van der Waals surface area (Å²) in [5.74, 6) is 2.01. The van der Waals surface area contributed by atoms with Gasteiger partial charge in [-0.3, -0.25) is 4.79 Å². The molecule has 0 spiro atoms. The average Bonchev–Trinajstić information content (AvgIpc) is 3.08. The molecule has 2 aromatic heterocycles. The van der Waals surface area contributed by atoms with Gasteiger partial charge in [0.25, 0.3) is 0 Å². The van der Waals surface area contributed by atoms with Crippen LogP contribution in [0.3, 0.4) is 0 Å². The van der Waals surface area contributed by atoms with Gasteiger partial charge in [-0.15, -0.1) is 15.3 Å². The molecule has 1 amide bonds. The summed E-state index contributed by atoms with van der Waals surface area (Å²) < 4.78 is 1.82. The van der Waals surface area contributed by atoms with Crippen molar-refractivity contribution in [3.05, 3.63) is 42.5 Å². The number of hydrogen-bond donors (Lipinski definition) is 1. The fourth-order valence-electron chi connectivity index (χ4n) is 4.83. The zero-order valence-electron chi connectivity index (χ0n) is 17.9. The van der Waals surface area contributed by atoms with Gasteiger partial charge in [0.1, 0.15) is 5.82 Å². The van der Waals surface area contributed by atoms with Crippen LogP contribution in [0.4, 0.5) is 5.82 Å². The first-order valence-electron chi connectivity index (χ1n) is 11.6. The van der Waals surface area contributed by atoms with Crippen molar-refractivity contribution < 1.29 is 4.79 Å². The Balaban J connectivity index is 1.24. The van der Waals surface area contributed by atoms with Crippen LogP contribution in [-0.4, -0.2) is 44.8 Å². The third-order valence-corrected chi connectivity index (χ3v) is 6.67. The molecule has 5 rings (SSSR count). The minimum Gasteiger partial charge on any atom is -0.355 e. The van der Waals surface area contributed by atoms with Gasteiger partial charge in [-0.1, -0.05) is 56.0 Å². The number of carbonyl (C=O) groups excluding carboxylic acids is 1. The summed E-state index contributed by atoms with van der Waals surface area (Å²) in [5, 5.41) is 16.7. The molecule has 1 aliphatic heterocycles. The number of rotatable bonds is 4. The zero-order chi connectivity index (χ0) is 21.0. The summed E-state index contributed by atoms with van der Waals surface area (Å²) in [6.07, 6.45) is 9.10. The molecule has 7 nitrogen and oxygen atoms in total. The molecule has 1 N–H and O–H groups in total. The van der Waals surface area contributed by atoms with Crippen LogP contribution in [0.1, 0.15) is 51.4 Å². The number of aromatic nitrogens is 4. The van der Waals surface area contributed by atoms with Crippen LogP contribution in [0, 0.1) is 5.92 Å². The van der Waals surface area contributed by atoms with Gasteiger partial charge in [-0.05, 0) is 37.8 Å². The summed E-state index contributed by atoms with van der Waals surface area (Å²) in [7, 11) is 0. The Hall–Kier alpha value is -2.96. The SMILES string of the molecule is O=C(NC1CCCCCC1)C1CCN(c2ccc3nnc(-c4ccccc4)n3n2)CC1. The quantitative estimate of drug-likeness (QED) is 0.652. The third-order valence-electron chi connectivity index (χ3n) is 6.67. The number of benzene rings is 1. The lowest BCUT2D eigenvalue weighted by Gasteiger charge is -2.32. The molecule has 1 aliphatic carbocycles. The maximum Gasteiger partial charge on any atom is 0.223 e. The number of anilines is 1. The van der Waals surface area contributed by atoms with Crippen LogP contribution in [0.15, 0.2) is 42.5 Å². The van der Waals surface area contributed by atoms with E-state index in [1.165, 1.54) is 25.7 Å². The van der Waals surface area contributed by atoms with Crippen LogP contribution in [0.25, 0.3) is 17.0 Å². The van der Waals surface area contributed by atoms with Gasteiger partial charge in [0.05, 0.1) is 0 Å². The van der Waals surface area contributed by atoms with Gasteiger partial charge in [0, 0.05) is 30.6 Å². The van der Waals surface area contributed by atoms with Crippen LogP contribution in [0.2, 0.25) is 0 Å². The highest BCUT2D eigenvalue weighted by atomic mass is 16.1. The molecule has 162 valence electrons. The molecule has 0 bridgehead atoms. The minimum atomic E-state index is 0.109. The first kappa shape index (κ1) is 20.0. The summed E-state index contributed by atoms with van der Waals surface area (Å²) >= 11 is 0. The average molecular weight is 419 g/mol. The van der Waals surface area contributed by atoms with Crippen molar-refractivity contribution in [1.29, 1.82) is 0 Å². The molecule has 0 unspecified atom stereocenters. The lowest BCUT2D eigenvalue weighted by atomic mass is 9.95. The van der Waals surface area contributed by atoms with Gasteiger partial charge in [-0.25, -0.2) is 0 Å². The molecule has 1 saturated heterocycles. The van der Waals surface area contributed by atoms with E-state index in [4.69, 9.17) is 5.10 Å². The maximum atomic E-state index is 12.8. The first-order chi connectivity index (χ1) is 15.3. The van der Waals surface area contributed by atoms with Gasteiger partial charge < -0.3 is 10.2 Å². The topological polar surface area (TPSA) is 75.4 Å². The molecule has 7 heteroatoms. The lowest BCUT2D eigenvalue weighted by molar-refractivity contribution is -0.126. The molecule has 2 fully saturated rings. The smallest absolute Gasteiger partial charge is 0.223 e. The van der Waals surface area contributed by atoms with E-state index in [9.17, 15) is 4.79 Å². The predicted octanol–water partition coefficient (Wildman–Crippen LogP) is 3.85. The number of nitrogens with one attached hydrogen (secondary N) is 1. The van der Waals surface area contributed by atoms with Crippen LogP contribution in [0.5, 0.6) is 0 Å². The van der Waals surface area contributed by atoms with Crippen LogP contribution >= 0.6 is 0 Å².